The minimum Gasteiger partial charge on any atom is -0.466 e. The van der Waals surface area contributed by atoms with Crippen molar-refractivity contribution in [2.75, 3.05) is 13.2 Å². The van der Waals surface area contributed by atoms with Gasteiger partial charge in [-0.1, -0.05) is 6.42 Å². The highest BCUT2D eigenvalue weighted by molar-refractivity contribution is 5.82. The van der Waals surface area contributed by atoms with E-state index >= 15 is 0 Å². The van der Waals surface area contributed by atoms with Gasteiger partial charge in [0, 0.05) is 6.42 Å². The van der Waals surface area contributed by atoms with E-state index in [2.05, 4.69) is 0 Å². The van der Waals surface area contributed by atoms with E-state index in [1.807, 2.05) is 0 Å². The first-order valence-electron chi connectivity index (χ1n) is 6.87. The average molecular weight is 270 g/mol. The van der Waals surface area contributed by atoms with Crippen LogP contribution in [0.25, 0.3) is 0 Å². The molecule has 0 unspecified atom stereocenters. The van der Waals surface area contributed by atoms with Crippen LogP contribution >= 0.6 is 0 Å². The zero-order valence-corrected chi connectivity index (χ0v) is 11.6. The van der Waals surface area contributed by atoms with Crippen molar-refractivity contribution in [1.82, 2.24) is 0 Å². The molecule has 19 heavy (non-hydrogen) atoms. The van der Waals surface area contributed by atoms with E-state index in [0.29, 0.717) is 25.9 Å². The number of esters is 2. The van der Waals surface area contributed by atoms with Crippen molar-refractivity contribution in [2.24, 2.45) is 11.3 Å². The molecule has 0 bridgehead atoms. The first-order chi connectivity index (χ1) is 9.09. The number of rotatable bonds is 6. The smallest absolute Gasteiger partial charge is 0.312 e. The topological polar surface area (TPSA) is 69.7 Å². The summed E-state index contributed by atoms with van der Waals surface area (Å²) in [5.74, 6) is -0.948. The fourth-order valence-electron chi connectivity index (χ4n) is 2.72. The second-order valence-corrected chi connectivity index (χ2v) is 4.92. The average Bonchev–Trinajstić information content (AvgIpc) is 2.40. The minimum atomic E-state index is -0.840. The number of carbonyl (C=O) groups excluding carboxylic acids is 3. The van der Waals surface area contributed by atoms with Crippen molar-refractivity contribution in [3.05, 3.63) is 0 Å². The Kier molecular flexibility index (Phi) is 5.99. The highest BCUT2D eigenvalue weighted by atomic mass is 16.5. The lowest BCUT2D eigenvalue weighted by molar-refractivity contribution is -0.163. The summed E-state index contributed by atoms with van der Waals surface area (Å²) in [5.41, 5.74) is -0.840. The highest BCUT2D eigenvalue weighted by Crippen LogP contribution is 2.43. The standard InChI is InChI=1S/C14H22O5/c1-3-18-12(16)11-6-5-7-14(10-11,8-9-15)13(17)19-4-2/h9,11H,3-8,10H2,1-2H3/t11-,14+/m1/s1. The van der Waals surface area contributed by atoms with E-state index in [4.69, 9.17) is 9.47 Å². The molecule has 5 heteroatoms. The number of hydrogen-bond donors (Lipinski definition) is 0. The van der Waals surface area contributed by atoms with Gasteiger partial charge in [0.25, 0.3) is 0 Å². The number of ether oxygens (including phenoxy) is 2. The summed E-state index contributed by atoms with van der Waals surface area (Å²) in [6.07, 6.45) is 3.24. The molecule has 0 N–H and O–H groups in total. The molecule has 0 aromatic heterocycles. The zero-order valence-electron chi connectivity index (χ0n) is 11.6. The number of aldehydes is 1. The molecule has 1 aliphatic carbocycles. The largest absolute Gasteiger partial charge is 0.466 e. The lowest BCUT2D eigenvalue weighted by Gasteiger charge is -2.36. The first-order valence-corrected chi connectivity index (χ1v) is 6.87. The molecule has 1 fully saturated rings. The normalized spacial score (nSPS) is 26.5. The molecule has 0 heterocycles. The predicted octanol–water partition coefficient (Wildman–Crippen LogP) is 1.88. The summed E-state index contributed by atoms with van der Waals surface area (Å²) in [6.45, 7) is 4.10. The van der Waals surface area contributed by atoms with E-state index in [1.165, 1.54) is 0 Å². The molecular weight excluding hydrogens is 248 g/mol. The summed E-state index contributed by atoms with van der Waals surface area (Å²) in [4.78, 5) is 34.8. The Hall–Kier alpha value is -1.39. The first kappa shape index (κ1) is 15.7. The molecule has 1 rings (SSSR count). The van der Waals surface area contributed by atoms with Crippen LogP contribution in [-0.2, 0) is 23.9 Å². The van der Waals surface area contributed by atoms with Crippen molar-refractivity contribution < 1.29 is 23.9 Å². The Bertz CT molecular complexity index is 339. The van der Waals surface area contributed by atoms with Gasteiger partial charge in [-0.15, -0.1) is 0 Å². The molecule has 1 aliphatic rings. The van der Waals surface area contributed by atoms with Crippen molar-refractivity contribution in [3.8, 4) is 0 Å². The van der Waals surface area contributed by atoms with Crippen LogP contribution < -0.4 is 0 Å². The van der Waals surface area contributed by atoms with Gasteiger partial charge in [0.2, 0.25) is 0 Å². The maximum Gasteiger partial charge on any atom is 0.312 e. The predicted molar refractivity (Wildman–Crippen MR) is 68.3 cm³/mol. The maximum absolute atomic E-state index is 12.1. The summed E-state index contributed by atoms with van der Waals surface area (Å²) >= 11 is 0. The molecule has 1 saturated carbocycles. The van der Waals surface area contributed by atoms with E-state index < -0.39 is 5.41 Å². The summed E-state index contributed by atoms with van der Waals surface area (Å²) in [6, 6.07) is 0. The van der Waals surface area contributed by atoms with Gasteiger partial charge < -0.3 is 14.3 Å². The van der Waals surface area contributed by atoms with Crippen LogP contribution in [-0.4, -0.2) is 31.4 Å². The summed E-state index contributed by atoms with van der Waals surface area (Å²) < 4.78 is 10.1. The Labute approximate surface area is 113 Å². The fraction of sp³-hybridized carbons (Fsp3) is 0.786. The van der Waals surface area contributed by atoms with E-state index in [9.17, 15) is 14.4 Å². The van der Waals surface area contributed by atoms with E-state index in [1.54, 1.807) is 13.8 Å². The van der Waals surface area contributed by atoms with Crippen LogP contribution in [0.15, 0.2) is 0 Å². The molecule has 5 nitrogen and oxygen atoms in total. The Morgan fingerprint density at radius 3 is 2.53 bits per heavy atom. The van der Waals surface area contributed by atoms with E-state index in [0.717, 1.165) is 12.7 Å². The molecule has 2 atom stereocenters. The second-order valence-electron chi connectivity index (χ2n) is 4.92. The fourth-order valence-corrected chi connectivity index (χ4v) is 2.72. The van der Waals surface area contributed by atoms with Crippen LogP contribution in [0.3, 0.4) is 0 Å². The maximum atomic E-state index is 12.1. The van der Waals surface area contributed by atoms with Gasteiger partial charge in [0.15, 0.2) is 0 Å². The van der Waals surface area contributed by atoms with Crippen molar-refractivity contribution >= 4 is 18.2 Å². The van der Waals surface area contributed by atoms with Gasteiger partial charge in [0.1, 0.15) is 6.29 Å². The minimum absolute atomic E-state index is 0.113. The molecule has 0 aliphatic heterocycles. The monoisotopic (exact) mass is 270 g/mol. The Morgan fingerprint density at radius 2 is 1.95 bits per heavy atom. The quantitative estimate of drug-likeness (QED) is 0.544. The van der Waals surface area contributed by atoms with Gasteiger partial charge in [-0.25, -0.2) is 0 Å². The number of carbonyl (C=O) groups is 3. The van der Waals surface area contributed by atoms with E-state index in [-0.39, 0.29) is 30.9 Å². The van der Waals surface area contributed by atoms with Gasteiger partial charge in [0.05, 0.1) is 24.5 Å². The molecular formula is C14H22O5. The van der Waals surface area contributed by atoms with Crippen molar-refractivity contribution in [3.63, 3.8) is 0 Å². The van der Waals surface area contributed by atoms with Gasteiger partial charge in [-0.2, -0.15) is 0 Å². The van der Waals surface area contributed by atoms with Crippen LogP contribution in [0.4, 0.5) is 0 Å². The van der Waals surface area contributed by atoms with Crippen molar-refractivity contribution in [1.29, 1.82) is 0 Å². The Balaban J connectivity index is 2.82. The summed E-state index contributed by atoms with van der Waals surface area (Å²) in [7, 11) is 0. The van der Waals surface area contributed by atoms with Crippen LogP contribution in [0.2, 0.25) is 0 Å². The molecule has 0 saturated heterocycles. The van der Waals surface area contributed by atoms with Gasteiger partial charge >= 0.3 is 11.9 Å². The van der Waals surface area contributed by atoms with Crippen LogP contribution in [0, 0.1) is 11.3 Å². The van der Waals surface area contributed by atoms with Gasteiger partial charge in [-0.3, -0.25) is 9.59 Å². The molecule has 108 valence electrons. The molecule has 0 aromatic carbocycles. The van der Waals surface area contributed by atoms with Crippen LogP contribution in [0.5, 0.6) is 0 Å². The number of hydrogen-bond acceptors (Lipinski definition) is 5. The molecule has 0 aromatic rings. The molecule has 0 spiro atoms. The SMILES string of the molecule is CCOC(=O)[C@@H]1CCC[C@@](CC=O)(C(=O)OCC)C1. The third-order valence-electron chi connectivity index (χ3n) is 3.65. The molecule has 0 amide bonds. The van der Waals surface area contributed by atoms with Gasteiger partial charge in [-0.05, 0) is 33.1 Å². The third kappa shape index (κ3) is 3.78. The Morgan fingerprint density at radius 1 is 1.26 bits per heavy atom. The second kappa shape index (κ2) is 7.26. The van der Waals surface area contributed by atoms with Crippen LogP contribution in [0.1, 0.15) is 46.0 Å². The lowest BCUT2D eigenvalue weighted by atomic mass is 9.68. The summed E-state index contributed by atoms with van der Waals surface area (Å²) in [5, 5.41) is 0. The van der Waals surface area contributed by atoms with Crippen molar-refractivity contribution in [2.45, 2.75) is 46.0 Å². The third-order valence-corrected chi connectivity index (χ3v) is 3.65. The molecule has 0 radical (unpaired) electrons. The highest BCUT2D eigenvalue weighted by Gasteiger charge is 2.45. The zero-order chi connectivity index (χ0) is 14.3. The lowest BCUT2D eigenvalue weighted by Crippen LogP contribution is -2.40.